The predicted molar refractivity (Wildman–Crippen MR) is 79.5 cm³/mol. The van der Waals surface area contributed by atoms with Gasteiger partial charge in [-0.1, -0.05) is 47.6 Å². The maximum Gasteiger partial charge on any atom is 0.250 e. The smallest absolute Gasteiger partial charge is 0.250 e. The van der Waals surface area contributed by atoms with E-state index in [0.29, 0.717) is 11.7 Å². The number of rotatable bonds is 3. The maximum atomic E-state index is 5.72. The van der Waals surface area contributed by atoms with Gasteiger partial charge in [-0.05, 0) is 23.8 Å². The van der Waals surface area contributed by atoms with Crippen molar-refractivity contribution in [1.82, 2.24) is 10.1 Å². The van der Waals surface area contributed by atoms with E-state index in [2.05, 4.69) is 10.1 Å². The summed E-state index contributed by atoms with van der Waals surface area (Å²) in [5.74, 6) is 1.05. The van der Waals surface area contributed by atoms with Crippen molar-refractivity contribution in [3.05, 3.63) is 66.1 Å². The predicted octanol–water partition coefficient (Wildman–Crippen LogP) is 3.49. The number of nitrogen functional groups attached to an aromatic ring is 1. The Bertz CT molecular complexity index is 732. The number of anilines is 1. The van der Waals surface area contributed by atoms with Gasteiger partial charge in [0, 0.05) is 17.3 Å². The summed E-state index contributed by atoms with van der Waals surface area (Å²) in [6.45, 7) is 0. The van der Waals surface area contributed by atoms with Crippen molar-refractivity contribution in [1.29, 1.82) is 0 Å². The zero-order chi connectivity index (χ0) is 13.8. The molecule has 3 rings (SSSR count). The Morgan fingerprint density at radius 2 is 1.80 bits per heavy atom. The van der Waals surface area contributed by atoms with E-state index in [4.69, 9.17) is 10.3 Å². The second kappa shape index (κ2) is 5.40. The number of aromatic nitrogens is 2. The first-order valence-electron chi connectivity index (χ1n) is 6.24. The van der Waals surface area contributed by atoms with Crippen LogP contribution in [0.5, 0.6) is 0 Å². The topological polar surface area (TPSA) is 64.9 Å². The second-order valence-electron chi connectivity index (χ2n) is 4.33. The molecule has 0 fully saturated rings. The Kier molecular flexibility index (Phi) is 3.29. The van der Waals surface area contributed by atoms with E-state index in [0.717, 1.165) is 16.8 Å². The minimum Gasteiger partial charge on any atom is -0.399 e. The molecule has 0 saturated carbocycles. The summed E-state index contributed by atoms with van der Waals surface area (Å²) >= 11 is 0. The molecule has 4 nitrogen and oxygen atoms in total. The lowest BCUT2D eigenvalue weighted by atomic mass is 10.2. The first-order chi connectivity index (χ1) is 9.81. The summed E-state index contributed by atoms with van der Waals surface area (Å²) in [5, 5.41) is 3.95. The van der Waals surface area contributed by atoms with Gasteiger partial charge in [-0.3, -0.25) is 0 Å². The van der Waals surface area contributed by atoms with Crippen LogP contribution in [0.2, 0.25) is 0 Å². The fourth-order valence-electron chi connectivity index (χ4n) is 1.84. The van der Waals surface area contributed by atoms with Gasteiger partial charge >= 0.3 is 0 Å². The molecule has 1 aromatic heterocycles. The molecule has 0 aliphatic carbocycles. The van der Waals surface area contributed by atoms with Crippen LogP contribution in [-0.4, -0.2) is 10.1 Å². The lowest BCUT2D eigenvalue weighted by molar-refractivity contribution is 0.411. The molecule has 0 unspecified atom stereocenters. The first-order valence-corrected chi connectivity index (χ1v) is 6.24. The average molecular weight is 263 g/mol. The van der Waals surface area contributed by atoms with E-state index < -0.39 is 0 Å². The minimum absolute atomic E-state index is 0.464. The van der Waals surface area contributed by atoms with Crippen molar-refractivity contribution in [2.24, 2.45) is 0 Å². The Hall–Kier alpha value is -2.88. The van der Waals surface area contributed by atoms with Crippen LogP contribution in [-0.2, 0) is 0 Å². The standard InChI is InChI=1S/C16H13N3O/c17-14-8-4-5-12(11-14)9-10-15-18-16(19-20-15)13-6-2-1-3-7-13/h1-11H,17H2/b10-9+. The van der Waals surface area contributed by atoms with Gasteiger partial charge in [0.1, 0.15) is 0 Å². The van der Waals surface area contributed by atoms with Crippen molar-refractivity contribution in [3.63, 3.8) is 0 Å². The molecule has 2 aromatic carbocycles. The van der Waals surface area contributed by atoms with Crippen LogP contribution in [0.25, 0.3) is 23.5 Å². The molecule has 0 aliphatic heterocycles. The highest BCUT2D eigenvalue weighted by Gasteiger charge is 2.05. The van der Waals surface area contributed by atoms with Gasteiger partial charge in [-0.25, -0.2) is 0 Å². The molecule has 0 bridgehead atoms. The summed E-state index contributed by atoms with van der Waals surface area (Å²) in [7, 11) is 0. The summed E-state index contributed by atoms with van der Waals surface area (Å²) in [4.78, 5) is 4.32. The maximum absolute atomic E-state index is 5.72. The van der Waals surface area contributed by atoms with Gasteiger partial charge in [-0.15, -0.1) is 0 Å². The van der Waals surface area contributed by atoms with E-state index in [1.54, 1.807) is 6.08 Å². The van der Waals surface area contributed by atoms with Crippen LogP contribution in [0.3, 0.4) is 0 Å². The van der Waals surface area contributed by atoms with Crippen LogP contribution in [0.4, 0.5) is 5.69 Å². The zero-order valence-corrected chi connectivity index (χ0v) is 10.7. The quantitative estimate of drug-likeness (QED) is 0.734. The lowest BCUT2D eigenvalue weighted by Crippen LogP contribution is -1.83. The molecule has 1 heterocycles. The van der Waals surface area contributed by atoms with Crippen molar-refractivity contribution >= 4 is 17.8 Å². The van der Waals surface area contributed by atoms with Gasteiger partial charge < -0.3 is 10.3 Å². The minimum atomic E-state index is 0.464. The third-order valence-electron chi connectivity index (χ3n) is 2.80. The zero-order valence-electron chi connectivity index (χ0n) is 10.7. The number of benzene rings is 2. The van der Waals surface area contributed by atoms with E-state index in [-0.39, 0.29) is 0 Å². The molecule has 0 aliphatic rings. The third kappa shape index (κ3) is 2.75. The monoisotopic (exact) mass is 263 g/mol. The molecule has 4 heteroatoms. The molecular formula is C16H13N3O. The third-order valence-corrected chi connectivity index (χ3v) is 2.80. The number of nitrogens with two attached hydrogens (primary N) is 1. The normalized spacial score (nSPS) is 11.0. The fraction of sp³-hybridized carbons (Fsp3) is 0. The molecule has 0 spiro atoms. The van der Waals surface area contributed by atoms with E-state index in [1.165, 1.54) is 0 Å². The summed E-state index contributed by atoms with van der Waals surface area (Å²) in [6.07, 6.45) is 3.66. The van der Waals surface area contributed by atoms with Crippen LogP contribution in [0, 0.1) is 0 Å². The highest BCUT2D eigenvalue weighted by molar-refractivity contribution is 5.68. The lowest BCUT2D eigenvalue weighted by Gasteiger charge is -1.94. The molecule has 2 N–H and O–H groups in total. The molecule has 0 amide bonds. The Balaban J connectivity index is 1.81. The van der Waals surface area contributed by atoms with Gasteiger partial charge in [-0.2, -0.15) is 4.98 Å². The van der Waals surface area contributed by atoms with Crippen molar-refractivity contribution in [2.75, 3.05) is 5.73 Å². The largest absolute Gasteiger partial charge is 0.399 e. The second-order valence-corrected chi connectivity index (χ2v) is 4.33. The Morgan fingerprint density at radius 1 is 0.950 bits per heavy atom. The van der Waals surface area contributed by atoms with E-state index in [1.807, 2.05) is 60.7 Å². The number of hydrogen-bond donors (Lipinski definition) is 1. The van der Waals surface area contributed by atoms with Gasteiger partial charge in [0.15, 0.2) is 0 Å². The van der Waals surface area contributed by atoms with Gasteiger partial charge in [0.05, 0.1) is 0 Å². The molecule has 0 radical (unpaired) electrons. The Morgan fingerprint density at radius 3 is 2.60 bits per heavy atom. The first kappa shape index (κ1) is 12.2. The van der Waals surface area contributed by atoms with Crippen molar-refractivity contribution in [3.8, 4) is 11.4 Å². The average Bonchev–Trinajstić information content (AvgIpc) is 2.95. The molecule has 0 saturated heterocycles. The summed E-state index contributed by atoms with van der Waals surface area (Å²) in [5.41, 5.74) is 8.37. The van der Waals surface area contributed by atoms with Crippen molar-refractivity contribution < 1.29 is 4.52 Å². The highest BCUT2D eigenvalue weighted by Crippen LogP contribution is 2.16. The van der Waals surface area contributed by atoms with Gasteiger partial charge in [0.25, 0.3) is 5.89 Å². The number of nitrogens with zero attached hydrogens (tertiary/aromatic N) is 2. The van der Waals surface area contributed by atoms with E-state index in [9.17, 15) is 0 Å². The molecule has 0 atom stereocenters. The molecule has 3 aromatic rings. The highest BCUT2D eigenvalue weighted by atomic mass is 16.5. The SMILES string of the molecule is Nc1cccc(/C=C/c2nc(-c3ccccc3)no2)c1. The van der Waals surface area contributed by atoms with E-state index >= 15 is 0 Å². The van der Waals surface area contributed by atoms with Crippen LogP contribution in [0.1, 0.15) is 11.5 Å². The summed E-state index contributed by atoms with van der Waals surface area (Å²) in [6, 6.07) is 17.3. The van der Waals surface area contributed by atoms with Crippen molar-refractivity contribution in [2.45, 2.75) is 0 Å². The Labute approximate surface area is 116 Å². The molecular weight excluding hydrogens is 250 g/mol. The van der Waals surface area contributed by atoms with Gasteiger partial charge in [0.2, 0.25) is 5.82 Å². The molecule has 98 valence electrons. The van der Waals surface area contributed by atoms with Crippen LogP contribution < -0.4 is 5.73 Å². The summed E-state index contributed by atoms with van der Waals surface area (Å²) < 4.78 is 5.19. The fourth-order valence-corrected chi connectivity index (χ4v) is 1.84. The molecule has 20 heavy (non-hydrogen) atoms. The van der Waals surface area contributed by atoms with Crippen LogP contribution >= 0.6 is 0 Å². The number of hydrogen-bond acceptors (Lipinski definition) is 4. The van der Waals surface area contributed by atoms with Crippen LogP contribution in [0.15, 0.2) is 59.1 Å².